The van der Waals surface area contributed by atoms with E-state index in [4.69, 9.17) is 8.92 Å². The summed E-state index contributed by atoms with van der Waals surface area (Å²) < 4.78 is 34.6. The van der Waals surface area contributed by atoms with Crippen molar-refractivity contribution in [2.75, 3.05) is 7.11 Å². The number of rotatable bonds is 8. The van der Waals surface area contributed by atoms with Crippen molar-refractivity contribution in [3.05, 3.63) is 23.8 Å². The van der Waals surface area contributed by atoms with Gasteiger partial charge in [0.15, 0.2) is 11.5 Å². The summed E-state index contributed by atoms with van der Waals surface area (Å²) in [5, 5.41) is 2.19. The molecule has 0 saturated carbocycles. The number of benzene rings is 1. The smallest absolute Gasteiger partial charge is 0.318 e. The lowest BCUT2D eigenvalue weighted by atomic mass is 10.1. The van der Waals surface area contributed by atoms with E-state index in [0.717, 1.165) is 5.56 Å². The molecule has 2 amide bonds. The molecule has 0 aromatic heterocycles. The topological polar surface area (TPSA) is 84.9 Å². The molecule has 0 spiro atoms. The Morgan fingerprint density at radius 3 is 2.19 bits per heavy atom. The Morgan fingerprint density at radius 1 is 1.12 bits per heavy atom. The minimum atomic E-state index is -3.75. The van der Waals surface area contributed by atoms with Crippen LogP contribution in [0.3, 0.4) is 0 Å². The molecule has 1 aromatic carbocycles. The highest BCUT2D eigenvalue weighted by Gasteiger charge is 2.22. The zero-order valence-electron chi connectivity index (χ0n) is 16.6. The van der Waals surface area contributed by atoms with Gasteiger partial charge < -0.3 is 19.1 Å². The van der Waals surface area contributed by atoms with Crippen LogP contribution in [0.4, 0.5) is 4.79 Å². The molecule has 0 aliphatic carbocycles. The minimum Gasteiger partial charge on any atom is -0.493 e. The Bertz CT molecular complexity index is 714. The van der Waals surface area contributed by atoms with E-state index in [1.165, 1.54) is 7.11 Å². The normalized spacial score (nSPS) is 11.8. The van der Waals surface area contributed by atoms with Crippen LogP contribution in [0.5, 0.6) is 11.5 Å². The monoisotopic (exact) mass is 386 g/mol. The second-order valence-electron chi connectivity index (χ2n) is 6.94. The third kappa shape index (κ3) is 6.09. The Kier molecular flexibility index (Phi) is 7.74. The quantitative estimate of drug-likeness (QED) is 0.694. The van der Waals surface area contributed by atoms with Crippen LogP contribution in [0.25, 0.3) is 0 Å². The average molecular weight is 387 g/mol. The van der Waals surface area contributed by atoms with Crippen molar-refractivity contribution >= 4 is 16.1 Å². The van der Waals surface area contributed by atoms with Gasteiger partial charge in [-0.3, -0.25) is 0 Å². The van der Waals surface area contributed by atoms with Gasteiger partial charge in [-0.1, -0.05) is 6.07 Å². The lowest BCUT2D eigenvalue weighted by Crippen LogP contribution is -2.45. The molecule has 0 fully saturated rings. The number of hydrogen-bond donors (Lipinski definition) is 1. The molecular weight excluding hydrogens is 356 g/mol. The van der Waals surface area contributed by atoms with Crippen molar-refractivity contribution in [1.82, 2.24) is 10.2 Å². The van der Waals surface area contributed by atoms with Crippen LogP contribution in [-0.4, -0.2) is 43.8 Å². The summed E-state index contributed by atoms with van der Waals surface area (Å²) in [6.07, 6.45) is 0. The van der Waals surface area contributed by atoms with Crippen LogP contribution in [0.2, 0.25) is 0 Å². The lowest BCUT2D eigenvalue weighted by molar-refractivity contribution is 0.177. The van der Waals surface area contributed by atoms with E-state index >= 15 is 0 Å². The van der Waals surface area contributed by atoms with Crippen molar-refractivity contribution < 1.29 is 22.1 Å². The summed E-state index contributed by atoms with van der Waals surface area (Å²) in [5.74, 6) is 0.437. The second-order valence-corrected chi connectivity index (χ2v) is 9.03. The van der Waals surface area contributed by atoms with Gasteiger partial charge in [0, 0.05) is 18.6 Å². The van der Waals surface area contributed by atoms with Crippen molar-refractivity contribution in [3.63, 3.8) is 0 Å². The van der Waals surface area contributed by atoms with Crippen molar-refractivity contribution in [3.8, 4) is 11.5 Å². The first kappa shape index (κ1) is 22.1. The number of carbonyl (C=O) groups excluding carboxylic acids is 1. The molecule has 7 nitrogen and oxygen atoms in total. The third-order valence-corrected chi connectivity index (χ3v) is 5.23. The number of ether oxygens (including phenoxy) is 1. The van der Waals surface area contributed by atoms with E-state index in [2.05, 4.69) is 5.32 Å². The first-order chi connectivity index (χ1) is 12.0. The number of nitrogens with one attached hydrogen (secondary N) is 1. The predicted octanol–water partition coefficient (Wildman–Crippen LogP) is 3.14. The highest BCUT2D eigenvalue weighted by Crippen LogP contribution is 2.30. The summed E-state index contributed by atoms with van der Waals surface area (Å²) in [5.41, 5.74) is 0.743. The van der Waals surface area contributed by atoms with Crippen LogP contribution >= 0.6 is 0 Å². The summed E-state index contributed by atoms with van der Waals surface area (Å²) in [7, 11) is -2.31. The molecule has 26 heavy (non-hydrogen) atoms. The molecule has 1 rings (SSSR count). The van der Waals surface area contributed by atoms with E-state index in [0.29, 0.717) is 12.3 Å². The van der Waals surface area contributed by atoms with E-state index in [1.807, 2.05) is 27.7 Å². The van der Waals surface area contributed by atoms with Gasteiger partial charge in [-0.2, -0.15) is 8.42 Å². The molecule has 0 saturated heterocycles. The van der Waals surface area contributed by atoms with Crippen LogP contribution in [0, 0.1) is 0 Å². The molecule has 1 aromatic rings. The number of nitrogens with zero attached hydrogens (tertiary/aromatic N) is 1. The van der Waals surface area contributed by atoms with E-state index in [9.17, 15) is 13.2 Å². The van der Waals surface area contributed by atoms with Crippen molar-refractivity contribution in [1.29, 1.82) is 0 Å². The van der Waals surface area contributed by atoms with Crippen LogP contribution in [0.15, 0.2) is 18.2 Å². The van der Waals surface area contributed by atoms with Gasteiger partial charge in [-0.25, -0.2) is 4.79 Å². The number of hydrogen-bond acceptors (Lipinski definition) is 5. The Labute approximate surface area is 156 Å². The number of amides is 2. The fourth-order valence-electron chi connectivity index (χ4n) is 2.12. The molecule has 0 aliphatic rings. The van der Waals surface area contributed by atoms with Gasteiger partial charge in [0.1, 0.15) is 0 Å². The van der Waals surface area contributed by atoms with Gasteiger partial charge in [0.25, 0.3) is 0 Å². The molecule has 0 radical (unpaired) electrons. The van der Waals surface area contributed by atoms with Gasteiger partial charge >= 0.3 is 16.1 Å². The highest BCUT2D eigenvalue weighted by molar-refractivity contribution is 7.87. The number of methoxy groups -OCH3 is 1. The second kappa shape index (κ2) is 9.12. The highest BCUT2D eigenvalue weighted by atomic mass is 32.2. The lowest BCUT2D eigenvalue weighted by Gasteiger charge is -2.28. The Morgan fingerprint density at radius 2 is 1.73 bits per heavy atom. The molecule has 0 unspecified atom stereocenters. The fraction of sp³-hybridized carbons (Fsp3) is 0.611. The van der Waals surface area contributed by atoms with Crippen molar-refractivity contribution in [2.24, 2.45) is 0 Å². The molecular formula is C18H30N2O5S. The summed E-state index contributed by atoms with van der Waals surface area (Å²) >= 11 is 0. The predicted molar refractivity (Wildman–Crippen MR) is 102 cm³/mol. The number of urea groups is 1. The standard InChI is InChI=1S/C18H30N2O5S/c1-12(2)19-18(21)20(13(3)4)11-15-8-9-16(24-7)17(10-15)25-26(22,23)14(5)6/h8-10,12-14H,11H2,1-7H3,(H,19,21). The molecule has 0 heterocycles. The minimum absolute atomic E-state index is 0.0229. The largest absolute Gasteiger partial charge is 0.493 e. The van der Waals surface area contributed by atoms with Crippen LogP contribution in [0.1, 0.15) is 47.1 Å². The molecule has 148 valence electrons. The first-order valence-corrected chi connectivity index (χ1v) is 10.1. The SMILES string of the molecule is COc1ccc(CN(C(=O)NC(C)C)C(C)C)cc1OS(=O)(=O)C(C)C. The average Bonchev–Trinajstić information content (AvgIpc) is 2.51. The van der Waals surface area contributed by atoms with Crippen LogP contribution in [-0.2, 0) is 16.7 Å². The van der Waals surface area contributed by atoms with E-state index < -0.39 is 15.4 Å². The zero-order chi connectivity index (χ0) is 20.1. The van der Waals surface area contributed by atoms with Gasteiger partial charge in [0.05, 0.1) is 12.4 Å². The molecule has 8 heteroatoms. The maximum atomic E-state index is 12.4. The van der Waals surface area contributed by atoms with Crippen LogP contribution < -0.4 is 14.2 Å². The van der Waals surface area contributed by atoms with Gasteiger partial charge in [0.2, 0.25) is 0 Å². The summed E-state index contributed by atoms with van der Waals surface area (Å²) in [4.78, 5) is 14.1. The Hall–Kier alpha value is -1.96. The van der Waals surface area contributed by atoms with E-state index in [-0.39, 0.29) is 23.9 Å². The summed E-state index contributed by atoms with van der Waals surface area (Å²) in [6, 6.07) is 4.83. The van der Waals surface area contributed by atoms with E-state index in [1.54, 1.807) is 36.9 Å². The molecule has 0 atom stereocenters. The van der Waals surface area contributed by atoms with Gasteiger partial charge in [-0.05, 0) is 59.2 Å². The third-order valence-electron chi connectivity index (χ3n) is 3.66. The van der Waals surface area contributed by atoms with Gasteiger partial charge in [-0.15, -0.1) is 0 Å². The zero-order valence-corrected chi connectivity index (χ0v) is 17.4. The van der Waals surface area contributed by atoms with Crippen molar-refractivity contribution in [2.45, 2.75) is 65.4 Å². The Balaban J connectivity index is 3.13. The molecule has 0 bridgehead atoms. The maximum absolute atomic E-state index is 12.4. The number of carbonyl (C=O) groups is 1. The summed E-state index contributed by atoms with van der Waals surface area (Å²) in [6.45, 7) is 11.0. The molecule has 1 N–H and O–H groups in total. The first-order valence-electron chi connectivity index (χ1n) is 8.65. The maximum Gasteiger partial charge on any atom is 0.318 e. The fourth-order valence-corrected chi connectivity index (χ4v) is 2.69. The molecule has 0 aliphatic heterocycles.